The minimum atomic E-state index is 0.0753. The van der Waals surface area contributed by atoms with Crippen LogP contribution in [0.1, 0.15) is 29.4 Å². The monoisotopic (exact) mass is 333 g/mol. The molecule has 0 aromatic carbocycles. The van der Waals surface area contributed by atoms with E-state index in [0.717, 1.165) is 14.6 Å². The summed E-state index contributed by atoms with van der Waals surface area (Å²) in [7, 11) is 0. The maximum Gasteiger partial charge on any atom is 0.261 e. The molecule has 6 heteroatoms. The zero-order valence-corrected chi connectivity index (χ0v) is 14.1. The highest BCUT2D eigenvalue weighted by molar-refractivity contribution is 7.22. The van der Waals surface area contributed by atoms with Crippen LogP contribution < -0.4 is 5.32 Å². The van der Waals surface area contributed by atoms with Crippen molar-refractivity contribution in [2.75, 3.05) is 13.1 Å². The number of rotatable bonds is 3. The van der Waals surface area contributed by atoms with Crippen molar-refractivity contribution in [3.63, 3.8) is 0 Å². The van der Waals surface area contributed by atoms with Gasteiger partial charge in [0.1, 0.15) is 0 Å². The molecular formula is C16H19N3OS2. The first kappa shape index (κ1) is 14.4. The number of hydrogen-bond donors (Lipinski definition) is 1. The van der Waals surface area contributed by atoms with Crippen molar-refractivity contribution in [3.8, 4) is 9.75 Å². The molecule has 1 N–H and O–H groups in total. The Morgan fingerprint density at radius 3 is 2.82 bits per heavy atom. The zero-order chi connectivity index (χ0) is 15.1. The van der Waals surface area contributed by atoms with Gasteiger partial charge in [-0.15, -0.1) is 22.7 Å². The van der Waals surface area contributed by atoms with E-state index in [4.69, 9.17) is 0 Å². The van der Waals surface area contributed by atoms with Gasteiger partial charge >= 0.3 is 0 Å². The fourth-order valence-electron chi connectivity index (χ4n) is 3.70. The first-order valence-electron chi connectivity index (χ1n) is 7.76. The van der Waals surface area contributed by atoms with E-state index in [1.165, 1.54) is 25.9 Å². The van der Waals surface area contributed by atoms with Crippen molar-refractivity contribution >= 4 is 28.6 Å². The van der Waals surface area contributed by atoms with Crippen LogP contribution >= 0.6 is 22.7 Å². The van der Waals surface area contributed by atoms with Gasteiger partial charge in [-0.1, -0.05) is 0 Å². The van der Waals surface area contributed by atoms with Gasteiger partial charge in [0, 0.05) is 23.2 Å². The normalized spacial score (nSPS) is 30.4. The average Bonchev–Trinajstić information content (AvgIpc) is 3.21. The summed E-state index contributed by atoms with van der Waals surface area (Å²) in [6.45, 7) is 4.62. The Morgan fingerprint density at radius 2 is 2.14 bits per heavy atom. The lowest BCUT2D eigenvalue weighted by molar-refractivity contribution is 0.0218. The van der Waals surface area contributed by atoms with Crippen molar-refractivity contribution in [2.45, 2.75) is 31.8 Å². The number of piperidine rings is 3. The lowest BCUT2D eigenvalue weighted by atomic mass is 9.79. The Balaban J connectivity index is 1.48. The van der Waals surface area contributed by atoms with Gasteiger partial charge in [0.05, 0.1) is 15.3 Å². The molecule has 22 heavy (non-hydrogen) atoms. The Labute approximate surface area is 138 Å². The summed E-state index contributed by atoms with van der Waals surface area (Å²) < 4.78 is 0. The van der Waals surface area contributed by atoms with Gasteiger partial charge in [0.15, 0.2) is 0 Å². The fourth-order valence-corrected chi connectivity index (χ4v) is 5.32. The number of thiazole rings is 1. The van der Waals surface area contributed by atoms with Crippen LogP contribution in [0.3, 0.4) is 0 Å². The fraction of sp³-hybridized carbons (Fsp3) is 0.500. The van der Waals surface area contributed by atoms with Crippen LogP contribution in [0.2, 0.25) is 0 Å². The summed E-state index contributed by atoms with van der Waals surface area (Å²) in [6, 6.07) is 4.70. The van der Waals surface area contributed by atoms with E-state index in [0.29, 0.717) is 18.0 Å². The van der Waals surface area contributed by atoms with E-state index >= 15 is 0 Å². The SMILES string of the molecule is CC1C(NC(=O)c2ccc(-c3cncs3)s2)C2CCN1CC2. The van der Waals surface area contributed by atoms with Crippen LogP contribution in [-0.2, 0) is 0 Å². The van der Waals surface area contributed by atoms with Gasteiger partial charge in [0.25, 0.3) is 5.91 Å². The number of aromatic nitrogens is 1. The third kappa shape index (κ3) is 2.49. The summed E-state index contributed by atoms with van der Waals surface area (Å²) in [4.78, 5) is 22.2. The predicted octanol–water partition coefficient (Wildman–Crippen LogP) is 3.08. The van der Waals surface area contributed by atoms with Crippen molar-refractivity contribution in [1.82, 2.24) is 15.2 Å². The molecule has 2 aromatic heterocycles. The molecule has 1 amide bonds. The summed E-state index contributed by atoms with van der Waals surface area (Å²) in [6.07, 6.45) is 4.28. The molecule has 4 nitrogen and oxygen atoms in total. The smallest absolute Gasteiger partial charge is 0.261 e. The third-order valence-corrected chi connectivity index (χ3v) is 7.03. The molecule has 3 aliphatic heterocycles. The summed E-state index contributed by atoms with van der Waals surface area (Å²) in [5.74, 6) is 0.719. The van der Waals surface area contributed by atoms with Crippen molar-refractivity contribution in [2.24, 2.45) is 5.92 Å². The Morgan fingerprint density at radius 1 is 1.32 bits per heavy atom. The van der Waals surface area contributed by atoms with E-state index in [1.54, 1.807) is 22.7 Å². The highest BCUT2D eigenvalue weighted by atomic mass is 32.1. The molecular weight excluding hydrogens is 314 g/mol. The summed E-state index contributed by atoms with van der Waals surface area (Å²) in [5.41, 5.74) is 1.82. The zero-order valence-electron chi connectivity index (χ0n) is 12.5. The number of thiophene rings is 1. The number of nitrogens with zero attached hydrogens (tertiary/aromatic N) is 2. The van der Waals surface area contributed by atoms with Crippen LogP contribution in [0.25, 0.3) is 9.75 Å². The second-order valence-electron chi connectivity index (χ2n) is 6.14. The molecule has 3 fully saturated rings. The number of fused-ring (bicyclic) bond motifs is 3. The highest BCUT2D eigenvalue weighted by Gasteiger charge is 2.40. The molecule has 0 aliphatic carbocycles. The van der Waals surface area contributed by atoms with Gasteiger partial charge < -0.3 is 5.32 Å². The van der Waals surface area contributed by atoms with Gasteiger partial charge in [-0.2, -0.15) is 0 Å². The van der Waals surface area contributed by atoms with Crippen molar-refractivity contribution < 1.29 is 4.79 Å². The molecule has 0 saturated carbocycles. The number of carbonyl (C=O) groups excluding carboxylic acids is 1. The molecule has 116 valence electrons. The Kier molecular flexibility index (Phi) is 3.76. The Hall–Kier alpha value is -1.24. The van der Waals surface area contributed by atoms with E-state index in [2.05, 4.69) is 22.1 Å². The maximum absolute atomic E-state index is 12.6. The van der Waals surface area contributed by atoms with Crippen LogP contribution in [0.15, 0.2) is 23.8 Å². The van der Waals surface area contributed by atoms with Gasteiger partial charge in [-0.25, -0.2) is 0 Å². The second-order valence-corrected chi connectivity index (χ2v) is 8.11. The lowest BCUT2D eigenvalue weighted by Crippen LogP contribution is -2.62. The standard InChI is InChI=1S/C16H19N3OS2/c1-10-15(11-4-6-19(10)7-5-11)18-16(20)13-3-2-12(22-13)14-8-17-9-21-14/h2-3,8-11,15H,4-7H2,1H3,(H,18,20). The predicted molar refractivity (Wildman–Crippen MR) is 90.4 cm³/mol. The van der Waals surface area contributed by atoms with E-state index in [9.17, 15) is 4.79 Å². The number of hydrogen-bond acceptors (Lipinski definition) is 5. The van der Waals surface area contributed by atoms with Crippen LogP contribution in [-0.4, -0.2) is 41.0 Å². The first-order chi connectivity index (χ1) is 10.7. The molecule has 5 heterocycles. The topological polar surface area (TPSA) is 45.2 Å². The summed E-state index contributed by atoms with van der Waals surface area (Å²) >= 11 is 3.16. The molecule has 2 unspecified atom stereocenters. The quantitative estimate of drug-likeness (QED) is 0.939. The number of carbonyl (C=O) groups is 1. The second kappa shape index (κ2) is 5.76. The molecule has 2 aromatic rings. The molecule has 3 aliphatic rings. The largest absolute Gasteiger partial charge is 0.347 e. The van der Waals surface area contributed by atoms with Crippen molar-refractivity contribution in [3.05, 3.63) is 28.7 Å². The molecule has 5 rings (SSSR count). The minimum absolute atomic E-state index is 0.0753. The molecule has 2 atom stereocenters. The van der Waals surface area contributed by atoms with Gasteiger partial charge in [-0.05, 0) is 50.9 Å². The minimum Gasteiger partial charge on any atom is -0.347 e. The first-order valence-corrected chi connectivity index (χ1v) is 9.45. The van der Waals surface area contributed by atoms with E-state index in [-0.39, 0.29) is 5.91 Å². The van der Waals surface area contributed by atoms with Crippen molar-refractivity contribution in [1.29, 1.82) is 0 Å². The molecule has 3 saturated heterocycles. The highest BCUT2D eigenvalue weighted by Crippen LogP contribution is 2.33. The molecule has 0 spiro atoms. The number of amides is 1. The molecule has 2 bridgehead atoms. The van der Waals surface area contributed by atoms with E-state index < -0.39 is 0 Å². The Bertz CT molecular complexity index is 657. The van der Waals surface area contributed by atoms with Gasteiger partial charge in [-0.3, -0.25) is 14.7 Å². The van der Waals surface area contributed by atoms with Crippen LogP contribution in [0.5, 0.6) is 0 Å². The lowest BCUT2D eigenvalue weighted by Gasteiger charge is -2.49. The molecule has 0 radical (unpaired) electrons. The summed E-state index contributed by atoms with van der Waals surface area (Å²) in [5, 5.41) is 3.29. The van der Waals surface area contributed by atoms with Gasteiger partial charge in [0.2, 0.25) is 0 Å². The maximum atomic E-state index is 12.6. The number of nitrogens with one attached hydrogen (secondary N) is 1. The third-order valence-electron chi connectivity index (χ3n) is 4.98. The van der Waals surface area contributed by atoms with Crippen LogP contribution in [0.4, 0.5) is 0 Å². The van der Waals surface area contributed by atoms with E-state index in [1.807, 2.05) is 23.8 Å². The average molecular weight is 333 g/mol. The van der Waals surface area contributed by atoms with Crippen LogP contribution in [0, 0.1) is 5.92 Å².